The number of rotatable bonds is 2. The average Bonchev–Trinajstić information content (AvgIpc) is 2.40. The largest absolute Gasteiger partial charge is 0.455 e. The molecule has 1 saturated heterocycles. The van der Waals surface area contributed by atoms with Gasteiger partial charge in [-0.2, -0.15) is 13.2 Å². The number of aliphatic hydroxyl groups is 2. The highest BCUT2D eigenvalue weighted by molar-refractivity contribution is 5.84. The number of hydrogen-bond donors (Lipinski definition) is 2. The van der Waals surface area contributed by atoms with E-state index in [2.05, 4.69) is 4.74 Å². The Bertz CT molecular complexity index is 335. The number of esters is 1. The van der Waals surface area contributed by atoms with Gasteiger partial charge in [0.15, 0.2) is 6.10 Å². The van der Waals surface area contributed by atoms with Crippen molar-refractivity contribution in [1.29, 1.82) is 0 Å². The number of alkyl halides is 3. The van der Waals surface area contributed by atoms with Crippen LogP contribution in [-0.4, -0.2) is 52.4 Å². The predicted molar refractivity (Wildman–Crippen MR) is 52.6 cm³/mol. The van der Waals surface area contributed by atoms with E-state index in [0.717, 1.165) is 0 Å². The van der Waals surface area contributed by atoms with E-state index in [4.69, 9.17) is 9.84 Å². The Morgan fingerprint density at radius 2 is 1.89 bits per heavy atom. The van der Waals surface area contributed by atoms with Gasteiger partial charge in [-0.05, 0) is 20.8 Å². The van der Waals surface area contributed by atoms with Crippen LogP contribution in [0.25, 0.3) is 0 Å². The second-order valence-corrected chi connectivity index (χ2v) is 5.04. The molecule has 1 heterocycles. The Kier molecular flexibility index (Phi) is 3.68. The van der Waals surface area contributed by atoms with E-state index in [1.54, 1.807) is 0 Å². The molecule has 1 rings (SSSR count). The fourth-order valence-corrected chi connectivity index (χ4v) is 1.63. The number of aliphatic hydroxyl groups excluding tert-OH is 1. The van der Waals surface area contributed by atoms with E-state index in [1.165, 1.54) is 20.8 Å². The summed E-state index contributed by atoms with van der Waals surface area (Å²) >= 11 is 0. The van der Waals surface area contributed by atoms with Crippen molar-refractivity contribution in [1.82, 2.24) is 0 Å². The predicted octanol–water partition coefficient (Wildman–Crippen LogP) is 0.381. The van der Waals surface area contributed by atoms with Crippen LogP contribution in [0.5, 0.6) is 0 Å². The molecule has 3 atom stereocenters. The van der Waals surface area contributed by atoms with E-state index in [1.807, 2.05) is 0 Å². The number of hydrogen-bond acceptors (Lipinski definition) is 5. The lowest BCUT2D eigenvalue weighted by atomic mass is 9.94. The van der Waals surface area contributed by atoms with Crippen molar-refractivity contribution in [3.63, 3.8) is 0 Å². The minimum absolute atomic E-state index is 0.870. The highest BCUT2D eigenvalue weighted by Crippen LogP contribution is 2.43. The van der Waals surface area contributed by atoms with Crippen LogP contribution in [0, 0.1) is 0 Å². The number of carbonyl (C=O) groups excluding carboxylic acids is 1. The van der Waals surface area contributed by atoms with Gasteiger partial charge in [0.25, 0.3) is 5.60 Å². The highest BCUT2D eigenvalue weighted by Gasteiger charge is 2.72. The third-order valence-corrected chi connectivity index (χ3v) is 2.41. The average molecular weight is 272 g/mol. The van der Waals surface area contributed by atoms with Gasteiger partial charge in [0.05, 0.1) is 12.2 Å². The molecule has 8 heteroatoms. The van der Waals surface area contributed by atoms with Gasteiger partial charge in [-0.15, -0.1) is 0 Å². The highest BCUT2D eigenvalue weighted by atomic mass is 19.4. The van der Waals surface area contributed by atoms with Crippen molar-refractivity contribution in [3.8, 4) is 0 Å². The Morgan fingerprint density at radius 3 is 2.22 bits per heavy atom. The van der Waals surface area contributed by atoms with Crippen LogP contribution in [0.1, 0.15) is 20.8 Å². The maximum absolute atomic E-state index is 12.8. The van der Waals surface area contributed by atoms with Gasteiger partial charge in [-0.3, -0.25) is 0 Å². The maximum Gasteiger partial charge on any atom is 0.431 e. The first-order valence-electron chi connectivity index (χ1n) is 5.22. The summed E-state index contributed by atoms with van der Waals surface area (Å²) < 4.78 is 47.8. The summed E-state index contributed by atoms with van der Waals surface area (Å²) in [4.78, 5) is 11.2. The number of carbonyl (C=O) groups is 1. The van der Waals surface area contributed by atoms with Crippen molar-refractivity contribution < 1.29 is 37.7 Å². The summed E-state index contributed by atoms with van der Waals surface area (Å²) in [6, 6.07) is 0. The summed E-state index contributed by atoms with van der Waals surface area (Å²) in [7, 11) is 0. The molecule has 18 heavy (non-hydrogen) atoms. The van der Waals surface area contributed by atoms with Crippen molar-refractivity contribution in [2.24, 2.45) is 0 Å². The third-order valence-electron chi connectivity index (χ3n) is 2.41. The van der Waals surface area contributed by atoms with Gasteiger partial charge in [0.2, 0.25) is 0 Å². The Hall–Kier alpha value is -0.860. The maximum atomic E-state index is 12.8. The quantitative estimate of drug-likeness (QED) is 0.711. The van der Waals surface area contributed by atoms with E-state index in [0.29, 0.717) is 0 Å². The smallest absolute Gasteiger partial charge is 0.431 e. The van der Waals surface area contributed by atoms with Gasteiger partial charge in [0, 0.05) is 0 Å². The van der Waals surface area contributed by atoms with Gasteiger partial charge in [-0.25, -0.2) is 4.79 Å². The number of ether oxygens (including phenoxy) is 2. The van der Waals surface area contributed by atoms with Crippen LogP contribution in [0.4, 0.5) is 13.2 Å². The molecule has 0 aromatic rings. The summed E-state index contributed by atoms with van der Waals surface area (Å²) in [5, 5.41) is 18.5. The Morgan fingerprint density at radius 1 is 1.39 bits per heavy atom. The molecule has 0 aromatic heterocycles. The lowest BCUT2D eigenvalue weighted by Gasteiger charge is -2.33. The molecule has 0 spiro atoms. The van der Waals surface area contributed by atoms with Gasteiger partial charge in [0.1, 0.15) is 6.10 Å². The molecule has 1 fully saturated rings. The summed E-state index contributed by atoms with van der Waals surface area (Å²) in [6.45, 7) is 3.51. The molecule has 5 nitrogen and oxygen atoms in total. The van der Waals surface area contributed by atoms with Crippen LogP contribution in [0.3, 0.4) is 0 Å². The standard InChI is InChI=1S/C10H15F3O5/c1-8(2,3)18-6-5(4-14)17-7(15)9(6,16)10(11,12)13/h5-6,14,16H,4H2,1-3H3/t5-,6-,9+/m1/s1. The van der Waals surface area contributed by atoms with E-state index in [-0.39, 0.29) is 0 Å². The SMILES string of the molecule is CC(C)(C)O[C@@H]1[C@@H](CO)OC(=O)[C@]1(O)C(F)(F)F. The Balaban J connectivity index is 3.16. The normalized spacial score (nSPS) is 33.7. The van der Waals surface area contributed by atoms with Crippen LogP contribution < -0.4 is 0 Å². The molecule has 0 aromatic carbocycles. The molecular formula is C10H15F3O5. The summed E-state index contributed by atoms with van der Waals surface area (Å²) in [6.07, 6.45) is -8.80. The van der Waals surface area contributed by atoms with Crippen LogP contribution in [0.15, 0.2) is 0 Å². The van der Waals surface area contributed by atoms with Crippen molar-refractivity contribution >= 4 is 5.97 Å². The molecule has 0 bridgehead atoms. The minimum atomic E-state index is -5.25. The molecule has 0 unspecified atom stereocenters. The molecule has 0 radical (unpaired) electrons. The summed E-state index contributed by atoms with van der Waals surface area (Å²) in [5.41, 5.74) is -4.81. The van der Waals surface area contributed by atoms with Crippen LogP contribution in [-0.2, 0) is 14.3 Å². The fourth-order valence-electron chi connectivity index (χ4n) is 1.63. The topological polar surface area (TPSA) is 76.0 Å². The molecular weight excluding hydrogens is 257 g/mol. The Labute approximate surface area is 101 Å². The number of halogens is 3. The van der Waals surface area contributed by atoms with Crippen molar-refractivity contribution in [2.75, 3.05) is 6.61 Å². The fraction of sp³-hybridized carbons (Fsp3) is 0.900. The van der Waals surface area contributed by atoms with Gasteiger partial charge < -0.3 is 19.7 Å². The van der Waals surface area contributed by atoms with E-state index < -0.39 is 42.2 Å². The first kappa shape index (κ1) is 15.2. The zero-order valence-electron chi connectivity index (χ0n) is 10.1. The lowest BCUT2D eigenvalue weighted by Crippen LogP contribution is -2.60. The van der Waals surface area contributed by atoms with E-state index in [9.17, 15) is 23.1 Å². The van der Waals surface area contributed by atoms with Crippen molar-refractivity contribution in [2.45, 2.75) is 50.4 Å². The lowest BCUT2D eigenvalue weighted by molar-refractivity contribution is -0.286. The second kappa shape index (κ2) is 4.36. The third kappa shape index (κ3) is 2.45. The molecule has 0 saturated carbocycles. The second-order valence-electron chi connectivity index (χ2n) is 5.04. The zero-order valence-corrected chi connectivity index (χ0v) is 10.1. The molecule has 0 amide bonds. The number of cyclic esters (lactones) is 1. The first-order valence-corrected chi connectivity index (χ1v) is 5.22. The molecule has 0 aliphatic carbocycles. The van der Waals surface area contributed by atoms with Crippen LogP contribution in [0.2, 0.25) is 0 Å². The molecule has 1 aliphatic rings. The van der Waals surface area contributed by atoms with Gasteiger partial charge >= 0.3 is 12.1 Å². The molecule has 106 valence electrons. The first-order chi connectivity index (χ1) is 7.93. The minimum Gasteiger partial charge on any atom is -0.455 e. The van der Waals surface area contributed by atoms with Gasteiger partial charge in [-0.1, -0.05) is 0 Å². The monoisotopic (exact) mass is 272 g/mol. The molecule has 1 aliphatic heterocycles. The summed E-state index contributed by atoms with van der Waals surface area (Å²) in [5.74, 6) is -1.86. The molecule has 2 N–H and O–H groups in total. The van der Waals surface area contributed by atoms with E-state index >= 15 is 0 Å². The zero-order chi connectivity index (χ0) is 14.4. The van der Waals surface area contributed by atoms with Crippen LogP contribution >= 0.6 is 0 Å². The van der Waals surface area contributed by atoms with Crippen molar-refractivity contribution in [3.05, 3.63) is 0 Å².